The number of allylic oxidation sites excluding steroid dienone is 1. The summed E-state index contributed by atoms with van der Waals surface area (Å²) in [4.78, 5) is 11.9. The molecule has 18 heavy (non-hydrogen) atoms. The molecule has 0 atom stereocenters. The Morgan fingerprint density at radius 1 is 1.50 bits per heavy atom. The van der Waals surface area contributed by atoms with Gasteiger partial charge < -0.3 is 5.32 Å². The first-order valence-electron chi connectivity index (χ1n) is 6.35. The molecule has 2 rings (SSSR count). The Kier molecular flexibility index (Phi) is 4.42. The molecule has 1 fully saturated rings. The van der Waals surface area contributed by atoms with E-state index in [-0.39, 0.29) is 10.6 Å². The number of hydrogen-bond acceptors (Lipinski definition) is 3. The van der Waals surface area contributed by atoms with Gasteiger partial charge in [0.05, 0.1) is 18.4 Å². The van der Waals surface area contributed by atoms with Crippen LogP contribution in [0.4, 0.5) is 5.69 Å². The molecule has 0 aromatic carbocycles. The maximum absolute atomic E-state index is 11.9. The Hall–Kier alpha value is -1.29. The normalized spacial score (nSPS) is 16.5. The Morgan fingerprint density at radius 3 is 2.89 bits per heavy atom. The van der Waals surface area contributed by atoms with E-state index in [0.717, 1.165) is 12.8 Å². The minimum absolute atomic E-state index is 0.220. The Bertz CT molecular complexity index is 478. The molecule has 0 radical (unpaired) electrons. The molecule has 98 valence electrons. The van der Waals surface area contributed by atoms with Gasteiger partial charge in [0.25, 0.3) is 5.56 Å². The molecule has 0 saturated heterocycles. The predicted molar refractivity (Wildman–Crippen MR) is 74.2 cm³/mol. The largest absolute Gasteiger partial charge is 0.380 e. The molecule has 1 saturated carbocycles. The van der Waals surface area contributed by atoms with Gasteiger partial charge in [-0.25, -0.2) is 4.68 Å². The van der Waals surface area contributed by atoms with Crippen LogP contribution in [0.2, 0.25) is 5.02 Å². The van der Waals surface area contributed by atoms with Crippen molar-refractivity contribution < 1.29 is 0 Å². The third-order valence-corrected chi connectivity index (χ3v) is 3.62. The van der Waals surface area contributed by atoms with Crippen molar-refractivity contribution in [3.8, 4) is 0 Å². The van der Waals surface area contributed by atoms with Crippen molar-refractivity contribution in [2.45, 2.75) is 44.7 Å². The monoisotopic (exact) mass is 267 g/mol. The molecule has 0 spiro atoms. The topological polar surface area (TPSA) is 46.9 Å². The lowest BCUT2D eigenvalue weighted by atomic mass is 9.95. The van der Waals surface area contributed by atoms with E-state index in [1.807, 2.05) is 0 Å². The number of nitrogens with zero attached hydrogens (tertiary/aromatic N) is 2. The van der Waals surface area contributed by atoms with Crippen LogP contribution >= 0.6 is 11.6 Å². The zero-order valence-corrected chi connectivity index (χ0v) is 11.1. The molecule has 4 nitrogen and oxygen atoms in total. The van der Waals surface area contributed by atoms with E-state index in [9.17, 15) is 4.79 Å². The standard InChI is InChI=1S/C13H18ClN3O/c1-2-8-17-13(18)12(14)11(9-15-17)16-10-6-4-3-5-7-10/h2,9-10,16H,1,3-8H2. The summed E-state index contributed by atoms with van der Waals surface area (Å²) in [5.74, 6) is 0. The highest BCUT2D eigenvalue weighted by Crippen LogP contribution is 2.23. The van der Waals surface area contributed by atoms with Gasteiger partial charge in [-0.05, 0) is 12.8 Å². The van der Waals surface area contributed by atoms with E-state index in [0.29, 0.717) is 18.3 Å². The summed E-state index contributed by atoms with van der Waals surface area (Å²) >= 11 is 6.08. The first-order valence-corrected chi connectivity index (χ1v) is 6.73. The Morgan fingerprint density at radius 2 is 2.22 bits per heavy atom. The minimum Gasteiger partial charge on any atom is -0.380 e. The molecule has 1 N–H and O–H groups in total. The fourth-order valence-corrected chi connectivity index (χ4v) is 2.49. The number of nitrogens with one attached hydrogen (secondary N) is 1. The van der Waals surface area contributed by atoms with Gasteiger partial charge in [-0.2, -0.15) is 5.10 Å². The molecular weight excluding hydrogens is 250 g/mol. The van der Waals surface area contributed by atoms with Gasteiger partial charge in [-0.3, -0.25) is 4.79 Å². The number of hydrogen-bond donors (Lipinski definition) is 1. The second-order valence-corrected chi connectivity index (χ2v) is 5.01. The van der Waals surface area contributed by atoms with Crippen LogP contribution in [0.15, 0.2) is 23.6 Å². The fraction of sp³-hybridized carbons (Fsp3) is 0.538. The van der Waals surface area contributed by atoms with Gasteiger partial charge in [0, 0.05) is 6.04 Å². The number of anilines is 1. The molecule has 1 aliphatic carbocycles. The first-order chi connectivity index (χ1) is 8.72. The molecule has 1 aliphatic rings. The summed E-state index contributed by atoms with van der Waals surface area (Å²) < 4.78 is 1.31. The van der Waals surface area contributed by atoms with Gasteiger partial charge in [-0.1, -0.05) is 36.9 Å². The quantitative estimate of drug-likeness (QED) is 0.854. The van der Waals surface area contributed by atoms with Crippen molar-refractivity contribution in [3.63, 3.8) is 0 Å². The smallest absolute Gasteiger partial charge is 0.287 e. The highest BCUT2D eigenvalue weighted by atomic mass is 35.5. The maximum atomic E-state index is 11.9. The van der Waals surface area contributed by atoms with Crippen LogP contribution in [0.3, 0.4) is 0 Å². The molecule has 0 amide bonds. The van der Waals surface area contributed by atoms with Crippen LogP contribution in [0.1, 0.15) is 32.1 Å². The van der Waals surface area contributed by atoms with Gasteiger partial charge in [0.2, 0.25) is 0 Å². The molecule has 1 aromatic rings. The molecule has 0 unspecified atom stereocenters. The van der Waals surface area contributed by atoms with Crippen molar-refractivity contribution in [1.29, 1.82) is 0 Å². The van der Waals surface area contributed by atoms with Gasteiger partial charge in [0.15, 0.2) is 0 Å². The third-order valence-electron chi connectivity index (χ3n) is 3.25. The zero-order chi connectivity index (χ0) is 13.0. The Labute approximate surface area is 112 Å². The Balaban J connectivity index is 2.15. The zero-order valence-electron chi connectivity index (χ0n) is 10.4. The lowest BCUT2D eigenvalue weighted by Gasteiger charge is -2.24. The number of halogens is 1. The van der Waals surface area contributed by atoms with Crippen LogP contribution in [0.25, 0.3) is 0 Å². The summed E-state index contributed by atoms with van der Waals surface area (Å²) in [6.07, 6.45) is 9.27. The second-order valence-electron chi connectivity index (χ2n) is 4.63. The van der Waals surface area contributed by atoms with E-state index < -0.39 is 0 Å². The van der Waals surface area contributed by atoms with E-state index in [1.165, 1.54) is 23.9 Å². The first kappa shape index (κ1) is 13.1. The van der Waals surface area contributed by atoms with E-state index >= 15 is 0 Å². The average Bonchev–Trinajstić information content (AvgIpc) is 2.40. The molecule has 0 aliphatic heterocycles. The second kappa shape index (κ2) is 6.05. The third kappa shape index (κ3) is 2.93. The molecular formula is C13H18ClN3O. The summed E-state index contributed by atoms with van der Waals surface area (Å²) in [5, 5.41) is 7.63. The summed E-state index contributed by atoms with van der Waals surface area (Å²) in [6.45, 7) is 3.96. The highest BCUT2D eigenvalue weighted by Gasteiger charge is 2.16. The predicted octanol–water partition coefficient (Wildman–Crippen LogP) is 2.83. The molecule has 5 heteroatoms. The van der Waals surface area contributed by atoms with E-state index in [4.69, 9.17) is 11.6 Å². The number of rotatable bonds is 4. The summed E-state index contributed by atoms with van der Waals surface area (Å²) in [6, 6.07) is 0.410. The van der Waals surface area contributed by atoms with Crippen LogP contribution in [-0.4, -0.2) is 15.8 Å². The summed E-state index contributed by atoms with van der Waals surface area (Å²) in [7, 11) is 0. The lowest BCUT2D eigenvalue weighted by molar-refractivity contribution is 0.462. The van der Waals surface area contributed by atoms with Crippen molar-refractivity contribution in [2.24, 2.45) is 0 Å². The van der Waals surface area contributed by atoms with E-state index in [2.05, 4.69) is 17.0 Å². The summed E-state index contributed by atoms with van der Waals surface area (Å²) in [5.41, 5.74) is 0.381. The van der Waals surface area contributed by atoms with Crippen LogP contribution in [0.5, 0.6) is 0 Å². The molecule has 1 aromatic heterocycles. The van der Waals surface area contributed by atoms with Crippen LogP contribution in [0, 0.1) is 0 Å². The van der Waals surface area contributed by atoms with Gasteiger partial charge in [-0.15, -0.1) is 6.58 Å². The van der Waals surface area contributed by atoms with Crippen LogP contribution in [-0.2, 0) is 6.54 Å². The average molecular weight is 268 g/mol. The number of aromatic nitrogens is 2. The van der Waals surface area contributed by atoms with Crippen molar-refractivity contribution >= 4 is 17.3 Å². The van der Waals surface area contributed by atoms with Crippen molar-refractivity contribution in [2.75, 3.05) is 5.32 Å². The minimum atomic E-state index is -0.266. The lowest BCUT2D eigenvalue weighted by Crippen LogP contribution is -2.27. The van der Waals surface area contributed by atoms with Crippen molar-refractivity contribution in [3.05, 3.63) is 34.2 Å². The van der Waals surface area contributed by atoms with E-state index in [1.54, 1.807) is 12.3 Å². The molecule has 1 heterocycles. The molecule has 0 bridgehead atoms. The van der Waals surface area contributed by atoms with Crippen LogP contribution < -0.4 is 10.9 Å². The van der Waals surface area contributed by atoms with Gasteiger partial charge in [0.1, 0.15) is 5.02 Å². The van der Waals surface area contributed by atoms with Crippen molar-refractivity contribution in [1.82, 2.24) is 9.78 Å². The van der Waals surface area contributed by atoms with Gasteiger partial charge >= 0.3 is 0 Å². The fourth-order valence-electron chi connectivity index (χ4n) is 2.28. The maximum Gasteiger partial charge on any atom is 0.287 e. The highest BCUT2D eigenvalue weighted by molar-refractivity contribution is 6.32. The SMILES string of the molecule is C=CCn1ncc(NC2CCCCC2)c(Cl)c1=O.